The first-order chi connectivity index (χ1) is 3.95. The van der Waals surface area contributed by atoms with Gasteiger partial charge in [0.25, 0.3) is 0 Å². The number of hydrogen-bond acceptors (Lipinski definition) is 0. The van der Waals surface area contributed by atoms with E-state index in [1.54, 1.807) is 0 Å². The molecule has 0 aromatic rings. The topological polar surface area (TPSA) is 0 Å². The zero-order chi connectivity index (χ0) is 7.49. The van der Waals surface area contributed by atoms with Crippen molar-refractivity contribution in [2.75, 3.05) is 5.33 Å². The van der Waals surface area contributed by atoms with E-state index in [9.17, 15) is 0 Å². The van der Waals surface area contributed by atoms with E-state index >= 15 is 0 Å². The molecule has 0 aliphatic heterocycles. The summed E-state index contributed by atoms with van der Waals surface area (Å²) in [5.74, 6) is 0.810. The SMILES string of the molecule is CC(CBr)CC(C)(C)C. The van der Waals surface area contributed by atoms with E-state index in [1.165, 1.54) is 6.42 Å². The molecular formula is C8H17Br. The Kier molecular flexibility index (Phi) is 3.79. The third-order valence-corrected chi connectivity index (χ3v) is 2.33. The predicted octanol–water partition coefficient (Wildman–Crippen LogP) is 3.45. The molecule has 0 radical (unpaired) electrons. The number of rotatable bonds is 2. The third-order valence-electron chi connectivity index (χ3n) is 1.22. The fourth-order valence-electron chi connectivity index (χ4n) is 1.10. The van der Waals surface area contributed by atoms with Gasteiger partial charge in [0.1, 0.15) is 0 Å². The van der Waals surface area contributed by atoms with E-state index in [0.29, 0.717) is 5.41 Å². The fraction of sp³-hybridized carbons (Fsp3) is 1.00. The van der Waals surface area contributed by atoms with Crippen LogP contribution in [0.5, 0.6) is 0 Å². The van der Waals surface area contributed by atoms with Gasteiger partial charge in [0.2, 0.25) is 0 Å². The molecule has 0 rings (SSSR count). The van der Waals surface area contributed by atoms with Crippen LogP contribution in [0.2, 0.25) is 0 Å². The molecule has 0 N–H and O–H groups in total. The lowest BCUT2D eigenvalue weighted by Gasteiger charge is -2.21. The summed E-state index contributed by atoms with van der Waals surface area (Å²) in [5, 5.41) is 1.13. The molecule has 0 saturated heterocycles. The van der Waals surface area contributed by atoms with Gasteiger partial charge < -0.3 is 0 Å². The average molecular weight is 193 g/mol. The molecule has 0 nitrogen and oxygen atoms in total. The summed E-state index contributed by atoms with van der Waals surface area (Å²) in [6.45, 7) is 9.13. The number of alkyl halides is 1. The normalized spacial score (nSPS) is 15.7. The summed E-state index contributed by atoms with van der Waals surface area (Å²) >= 11 is 3.47. The standard InChI is InChI=1S/C8H17Br/c1-7(6-9)5-8(2,3)4/h7H,5-6H2,1-4H3. The van der Waals surface area contributed by atoms with Crippen LogP contribution in [0.3, 0.4) is 0 Å². The number of hydrogen-bond donors (Lipinski definition) is 0. The van der Waals surface area contributed by atoms with Gasteiger partial charge in [-0.05, 0) is 17.8 Å². The molecule has 0 bridgehead atoms. The molecule has 0 aromatic heterocycles. The van der Waals surface area contributed by atoms with Crippen LogP contribution < -0.4 is 0 Å². The maximum absolute atomic E-state index is 3.47. The van der Waals surface area contributed by atoms with Crippen LogP contribution in [-0.4, -0.2) is 5.33 Å². The van der Waals surface area contributed by atoms with Crippen molar-refractivity contribution in [2.45, 2.75) is 34.1 Å². The lowest BCUT2D eigenvalue weighted by molar-refractivity contribution is 0.324. The molecule has 0 amide bonds. The molecule has 9 heavy (non-hydrogen) atoms. The van der Waals surface area contributed by atoms with Crippen molar-refractivity contribution in [1.29, 1.82) is 0 Å². The Balaban J connectivity index is 3.47. The molecule has 1 atom stereocenters. The predicted molar refractivity (Wildman–Crippen MR) is 47.0 cm³/mol. The maximum Gasteiger partial charge on any atom is 0.00572 e. The summed E-state index contributed by atoms with van der Waals surface area (Å²) in [4.78, 5) is 0. The second-order valence-corrected chi connectivity index (χ2v) is 4.67. The van der Waals surface area contributed by atoms with Crippen molar-refractivity contribution in [3.05, 3.63) is 0 Å². The van der Waals surface area contributed by atoms with E-state index < -0.39 is 0 Å². The first-order valence-electron chi connectivity index (χ1n) is 3.51. The highest BCUT2D eigenvalue weighted by molar-refractivity contribution is 9.09. The first-order valence-corrected chi connectivity index (χ1v) is 4.64. The molecular weight excluding hydrogens is 176 g/mol. The summed E-state index contributed by atoms with van der Waals surface area (Å²) < 4.78 is 0. The lowest BCUT2D eigenvalue weighted by Crippen LogP contribution is -2.11. The zero-order valence-electron chi connectivity index (χ0n) is 6.87. The molecule has 0 spiro atoms. The van der Waals surface area contributed by atoms with Crippen LogP contribution in [0.1, 0.15) is 34.1 Å². The quantitative estimate of drug-likeness (QED) is 0.589. The Hall–Kier alpha value is 0.480. The van der Waals surface area contributed by atoms with Gasteiger partial charge in [0.15, 0.2) is 0 Å². The maximum atomic E-state index is 3.47. The van der Waals surface area contributed by atoms with Gasteiger partial charge in [-0.2, -0.15) is 0 Å². The number of halogens is 1. The van der Waals surface area contributed by atoms with Crippen LogP contribution in [0.4, 0.5) is 0 Å². The largest absolute Gasteiger partial charge is 0.0925 e. The molecule has 0 saturated carbocycles. The minimum absolute atomic E-state index is 0.493. The van der Waals surface area contributed by atoms with Crippen molar-refractivity contribution in [2.24, 2.45) is 11.3 Å². The summed E-state index contributed by atoms with van der Waals surface area (Å²) in [6, 6.07) is 0. The van der Waals surface area contributed by atoms with Crippen molar-refractivity contribution in [3.63, 3.8) is 0 Å². The highest BCUT2D eigenvalue weighted by atomic mass is 79.9. The van der Waals surface area contributed by atoms with Crippen molar-refractivity contribution in [1.82, 2.24) is 0 Å². The van der Waals surface area contributed by atoms with Crippen LogP contribution >= 0.6 is 15.9 Å². The Bertz CT molecular complexity index is 71.1. The van der Waals surface area contributed by atoms with Gasteiger partial charge in [-0.25, -0.2) is 0 Å². The second-order valence-electron chi connectivity index (χ2n) is 4.02. The van der Waals surface area contributed by atoms with Crippen LogP contribution in [-0.2, 0) is 0 Å². The Morgan fingerprint density at radius 1 is 1.33 bits per heavy atom. The van der Waals surface area contributed by atoms with Gasteiger partial charge in [-0.1, -0.05) is 43.6 Å². The van der Waals surface area contributed by atoms with E-state index in [1.807, 2.05) is 0 Å². The van der Waals surface area contributed by atoms with Gasteiger partial charge in [-0.3, -0.25) is 0 Å². The molecule has 1 unspecified atom stereocenters. The van der Waals surface area contributed by atoms with Gasteiger partial charge in [0, 0.05) is 5.33 Å². The lowest BCUT2D eigenvalue weighted by atomic mass is 9.86. The minimum Gasteiger partial charge on any atom is -0.0925 e. The summed E-state index contributed by atoms with van der Waals surface area (Å²) in [7, 11) is 0. The summed E-state index contributed by atoms with van der Waals surface area (Å²) in [6.07, 6.45) is 1.30. The smallest absolute Gasteiger partial charge is 0.00572 e. The monoisotopic (exact) mass is 192 g/mol. The van der Waals surface area contributed by atoms with Gasteiger partial charge >= 0.3 is 0 Å². The van der Waals surface area contributed by atoms with E-state index in [-0.39, 0.29) is 0 Å². The highest BCUT2D eigenvalue weighted by Gasteiger charge is 2.13. The average Bonchev–Trinajstić information content (AvgIpc) is 1.62. The van der Waals surface area contributed by atoms with Crippen LogP contribution in [0, 0.1) is 11.3 Å². The molecule has 0 aliphatic carbocycles. The molecule has 56 valence electrons. The third kappa shape index (κ3) is 6.36. The second kappa shape index (κ2) is 3.60. The van der Waals surface area contributed by atoms with E-state index in [0.717, 1.165) is 11.2 Å². The van der Waals surface area contributed by atoms with E-state index in [2.05, 4.69) is 43.6 Å². The fourth-order valence-corrected chi connectivity index (χ4v) is 1.33. The molecule has 0 aliphatic rings. The van der Waals surface area contributed by atoms with Crippen LogP contribution in [0.25, 0.3) is 0 Å². The summed E-state index contributed by atoms with van der Waals surface area (Å²) in [5.41, 5.74) is 0.493. The zero-order valence-corrected chi connectivity index (χ0v) is 8.46. The van der Waals surface area contributed by atoms with Crippen molar-refractivity contribution in [3.8, 4) is 0 Å². The Morgan fingerprint density at radius 3 is 1.89 bits per heavy atom. The van der Waals surface area contributed by atoms with Crippen LogP contribution in [0.15, 0.2) is 0 Å². The van der Waals surface area contributed by atoms with Gasteiger partial charge in [0.05, 0.1) is 0 Å². The highest BCUT2D eigenvalue weighted by Crippen LogP contribution is 2.24. The molecule has 0 fully saturated rings. The van der Waals surface area contributed by atoms with Crippen molar-refractivity contribution < 1.29 is 0 Å². The van der Waals surface area contributed by atoms with Gasteiger partial charge in [-0.15, -0.1) is 0 Å². The van der Waals surface area contributed by atoms with Crippen molar-refractivity contribution >= 4 is 15.9 Å². The molecule has 0 heterocycles. The Morgan fingerprint density at radius 2 is 1.78 bits per heavy atom. The molecule has 0 aromatic carbocycles. The molecule has 1 heteroatoms. The minimum atomic E-state index is 0.493. The Labute approximate surface area is 67.2 Å². The van der Waals surface area contributed by atoms with E-state index in [4.69, 9.17) is 0 Å². The first kappa shape index (κ1) is 9.48.